The summed E-state index contributed by atoms with van der Waals surface area (Å²) >= 11 is 11.5. The van der Waals surface area contributed by atoms with E-state index in [9.17, 15) is 4.79 Å². The van der Waals surface area contributed by atoms with E-state index in [0.717, 1.165) is 25.0 Å². The monoisotopic (exact) mass is 263 g/mol. The molecule has 1 aliphatic carbocycles. The molecule has 1 unspecified atom stereocenters. The standard InChI is InChI=1S/C12H19Cl2NO/c1-3-10-6-4-5-9(2)12(10)15(8-14)11(16)7-13/h9H,3-8H2,1-2H3. The zero-order valence-corrected chi connectivity index (χ0v) is 11.4. The molecular formula is C12H19Cl2NO. The first-order chi connectivity index (χ1) is 7.65. The third kappa shape index (κ3) is 2.92. The normalized spacial score (nSPS) is 21.1. The van der Waals surface area contributed by atoms with Crippen LogP contribution in [0.3, 0.4) is 0 Å². The van der Waals surface area contributed by atoms with Crippen molar-refractivity contribution < 1.29 is 4.79 Å². The lowest BCUT2D eigenvalue weighted by Gasteiger charge is -2.33. The zero-order chi connectivity index (χ0) is 12.1. The van der Waals surface area contributed by atoms with Crippen molar-refractivity contribution in [1.29, 1.82) is 0 Å². The molecule has 92 valence electrons. The molecule has 16 heavy (non-hydrogen) atoms. The second-order valence-electron chi connectivity index (χ2n) is 4.21. The van der Waals surface area contributed by atoms with Crippen LogP contribution in [-0.2, 0) is 4.79 Å². The third-order valence-corrected chi connectivity index (χ3v) is 3.66. The highest BCUT2D eigenvalue weighted by molar-refractivity contribution is 6.28. The largest absolute Gasteiger partial charge is 0.301 e. The molecule has 0 aromatic heterocycles. The third-order valence-electron chi connectivity index (χ3n) is 3.20. The minimum absolute atomic E-state index is 0.0000652. The molecule has 1 atom stereocenters. The van der Waals surface area contributed by atoms with E-state index in [-0.39, 0.29) is 17.8 Å². The van der Waals surface area contributed by atoms with Crippen molar-refractivity contribution in [1.82, 2.24) is 4.90 Å². The predicted molar refractivity (Wildman–Crippen MR) is 68.6 cm³/mol. The molecule has 1 amide bonds. The molecule has 0 aromatic carbocycles. The van der Waals surface area contributed by atoms with Crippen LogP contribution in [0.25, 0.3) is 0 Å². The predicted octanol–water partition coefficient (Wildman–Crippen LogP) is 3.73. The van der Waals surface area contributed by atoms with E-state index in [4.69, 9.17) is 23.2 Å². The summed E-state index contributed by atoms with van der Waals surface area (Å²) in [5.74, 6) is 0.320. The number of allylic oxidation sites excluding steroid dienone is 2. The fourth-order valence-corrected chi connectivity index (χ4v) is 2.79. The average molecular weight is 264 g/mol. The van der Waals surface area contributed by atoms with E-state index < -0.39 is 0 Å². The molecule has 0 aromatic rings. The maximum atomic E-state index is 11.7. The van der Waals surface area contributed by atoms with E-state index >= 15 is 0 Å². The lowest BCUT2D eigenvalue weighted by Crippen LogP contribution is -2.35. The van der Waals surface area contributed by atoms with Crippen LogP contribution >= 0.6 is 23.2 Å². The van der Waals surface area contributed by atoms with Crippen molar-refractivity contribution >= 4 is 29.1 Å². The van der Waals surface area contributed by atoms with Crippen molar-refractivity contribution in [3.8, 4) is 0 Å². The highest BCUT2D eigenvalue weighted by atomic mass is 35.5. The molecule has 1 aliphatic rings. The van der Waals surface area contributed by atoms with Crippen molar-refractivity contribution in [2.24, 2.45) is 5.92 Å². The molecule has 1 rings (SSSR count). The summed E-state index contributed by atoms with van der Waals surface area (Å²) < 4.78 is 0. The summed E-state index contributed by atoms with van der Waals surface area (Å²) in [7, 11) is 0. The van der Waals surface area contributed by atoms with Crippen LogP contribution in [0.5, 0.6) is 0 Å². The van der Waals surface area contributed by atoms with Gasteiger partial charge in [0.25, 0.3) is 0 Å². The Hall–Kier alpha value is -0.210. The molecule has 0 bridgehead atoms. The van der Waals surface area contributed by atoms with Gasteiger partial charge in [0.1, 0.15) is 11.9 Å². The van der Waals surface area contributed by atoms with Crippen LogP contribution in [0, 0.1) is 5.92 Å². The number of carbonyl (C=O) groups excluding carboxylic acids is 1. The van der Waals surface area contributed by atoms with E-state index in [1.807, 2.05) is 0 Å². The number of rotatable bonds is 4. The smallest absolute Gasteiger partial charge is 0.242 e. The zero-order valence-electron chi connectivity index (χ0n) is 9.93. The minimum atomic E-state index is -0.0913. The Kier molecular flexibility index (Phi) is 5.63. The molecule has 0 radical (unpaired) electrons. The lowest BCUT2D eigenvalue weighted by molar-refractivity contribution is -0.126. The van der Waals surface area contributed by atoms with Gasteiger partial charge < -0.3 is 4.90 Å². The molecule has 2 nitrogen and oxygen atoms in total. The van der Waals surface area contributed by atoms with E-state index in [1.54, 1.807) is 4.90 Å². The minimum Gasteiger partial charge on any atom is -0.301 e. The molecule has 0 spiro atoms. The highest BCUT2D eigenvalue weighted by Gasteiger charge is 2.26. The summed E-state index contributed by atoms with van der Waals surface area (Å²) in [6.07, 6.45) is 4.41. The van der Waals surface area contributed by atoms with E-state index in [1.165, 1.54) is 12.0 Å². The molecule has 4 heteroatoms. The summed E-state index contributed by atoms with van der Waals surface area (Å²) in [4.78, 5) is 13.4. The fraction of sp³-hybridized carbons (Fsp3) is 0.750. The number of alkyl halides is 2. The molecule has 0 saturated carbocycles. The van der Waals surface area contributed by atoms with Gasteiger partial charge in [0.2, 0.25) is 5.91 Å². The quantitative estimate of drug-likeness (QED) is 0.559. The average Bonchev–Trinajstić information content (AvgIpc) is 2.31. The lowest BCUT2D eigenvalue weighted by atomic mass is 9.86. The first kappa shape index (κ1) is 13.9. The summed E-state index contributed by atoms with van der Waals surface area (Å²) in [6.45, 7) is 4.29. The second-order valence-corrected chi connectivity index (χ2v) is 4.72. The SMILES string of the molecule is CCC1=C(N(CCl)C(=O)CCl)C(C)CCC1. The van der Waals surface area contributed by atoms with Gasteiger partial charge in [-0.15, -0.1) is 23.2 Å². The van der Waals surface area contributed by atoms with Gasteiger partial charge in [0.05, 0.1) is 0 Å². The Morgan fingerprint density at radius 3 is 2.69 bits per heavy atom. The highest BCUT2D eigenvalue weighted by Crippen LogP contribution is 2.34. The van der Waals surface area contributed by atoms with Gasteiger partial charge in [-0.1, -0.05) is 19.4 Å². The van der Waals surface area contributed by atoms with Crippen molar-refractivity contribution in [2.45, 2.75) is 39.5 Å². The molecule has 0 heterocycles. The van der Waals surface area contributed by atoms with Gasteiger partial charge in [-0.05, 0) is 31.6 Å². The number of amides is 1. The molecule has 0 aliphatic heterocycles. The van der Waals surface area contributed by atoms with Gasteiger partial charge in [0, 0.05) is 5.70 Å². The Labute approximate surface area is 108 Å². The molecule has 0 saturated heterocycles. The molecular weight excluding hydrogens is 245 g/mol. The maximum absolute atomic E-state index is 11.7. The Morgan fingerprint density at radius 2 is 2.19 bits per heavy atom. The van der Waals surface area contributed by atoms with E-state index in [0.29, 0.717) is 5.92 Å². The fourth-order valence-electron chi connectivity index (χ4n) is 2.39. The van der Waals surface area contributed by atoms with Gasteiger partial charge in [-0.2, -0.15) is 0 Å². The summed E-state index contributed by atoms with van der Waals surface area (Å²) in [5, 5.41) is 0. The van der Waals surface area contributed by atoms with Crippen LogP contribution in [-0.4, -0.2) is 22.7 Å². The van der Waals surface area contributed by atoms with Crippen LogP contribution in [0.1, 0.15) is 39.5 Å². The van der Waals surface area contributed by atoms with Gasteiger partial charge in [0.15, 0.2) is 0 Å². The van der Waals surface area contributed by atoms with Crippen LogP contribution < -0.4 is 0 Å². The van der Waals surface area contributed by atoms with Crippen molar-refractivity contribution in [2.75, 3.05) is 11.9 Å². The number of carbonyl (C=O) groups is 1. The molecule has 0 fully saturated rings. The van der Waals surface area contributed by atoms with Crippen molar-refractivity contribution in [3.05, 3.63) is 11.3 Å². The van der Waals surface area contributed by atoms with Crippen molar-refractivity contribution in [3.63, 3.8) is 0 Å². The van der Waals surface area contributed by atoms with Crippen LogP contribution in [0.15, 0.2) is 11.3 Å². The Bertz CT molecular complexity index is 289. The van der Waals surface area contributed by atoms with Gasteiger partial charge in [-0.3, -0.25) is 4.79 Å². The number of nitrogens with zero attached hydrogens (tertiary/aromatic N) is 1. The molecule has 0 N–H and O–H groups in total. The van der Waals surface area contributed by atoms with Gasteiger partial charge >= 0.3 is 0 Å². The Morgan fingerprint density at radius 1 is 1.50 bits per heavy atom. The van der Waals surface area contributed by atoms with Crippen LogP contribution in [0.2, 0.25) is 0 Å². The summed E-state index contributed by atoms with van der Waals surface area (Å²) in [6, 6.07) is 0.203. The van der Waals surface area contributed by atoms with Crippen LogP contribution in [0.4, 0.5) is 0 Å². The first-order valence-corrected chi connectivity index (χ1v) is 6.86. The maximum Gasteiger partial charge on any atom is 0.242 e. The van der Waals surface area contributed by atoms with E-state index in [2.05, 4.69) is 13.8 Å². The topological polar surface area (TPSA) is 20.3 Å². The number of hydrogen-bond donors (Lipinski definition) is 0. The first-order valence-electron chi connectivity index (χ1n) is 5.79. The number of halogens is 2. The Balaban J connectivity index is 3.02. The van der Waals surface area contributed by atoms with Gasteiger partial charge in [-0.25, -0.2) is 0 Å². The summed E-state index contributed by atoms with van der Waals surface area (Å²) in [5.41, 5.74) is 2.48. The number of hydrogen-bond acceptors (Lipinski definition) is 1. The second kappa shape index (κ2) is 6.51.